The summed E-state index contributed by atoms with van der Waals surface area (Å²) >= 11 is 4.17. The number of primary amides is 1. The molecule has 4 N–H and O–H groups in total. The van der Waals surface area contributed by atoms with Crippen LogP contribution in [0.25, 0.3) is 0 Å². The van der Waals surface area contributed by atoms with E-state index in [-0.39, 0.29) is 27.2 Å². The third-order valence-electron chi connectivity index (χ3n) is 4.26. The number of aryl methyl sites for hydroxylation is 1. The third kappa shape index (κ3) is 5.19. The zero-order valence-corrected chi connectivity index (χ0v) is 20.3. The first kappa shape index (κ1) is 23.5. The molecule has 8 nitrogen and oxygen atoms in total. The Hall–Kier alpha value is -2.17. The van der Waals surface area contributed by atoms with E-state index in [9.17, 15) is 18.0 Å². The number of H-pyrrole nitrogens is 1. The highest BCUT2D eigenvalue weighted by atomic mass is 127. The van der Waals surface area contributed by atoms with E-state index in [1.807, 2.05) is 40.8 Å². The minimum atomic E-state index is -4.66. The number of carbonyl (C=O) groups excluding carboxylic acids is 1. The van der Waals surface area contributed by atoms with Crippen LogP contribution >= 0.6 is 45.2 Å². The molecule has 0 aliphatic heterocycles. The van der Waals surface area contributed by atoms with E-state index in [0.29, 0.717) is 11.4 Å². The summed E-state index contributed by atoms with van der Waals surface area (Å²) in [6.07, 6.45) is -3.65. The van der Waals surface area contributed by atoms with Crippen molar-refractivity contribution in [2.24, 2.45) is 17.8 Å². The number of halogens is 5. The van der Waals surface area contributed by atoms with Gasteiger partial charge in [-0.1, -0.05) is 57.3 Å². The van der Waals surface area contributed by atoms with E-state index in [4.69, 9.17) is 5.73 Å². The molecule has 0 saturated heterocycles. The van der Waals surface area contributed by atoms with Crippen molar-refractivity contribution < 1.29 is 18.0 Å². The van der Waals surface area contributed by atoms with Crippen LogP contribution in [0.2, 0.25) is 0 Å². The molecule has 13 heteroatoms. The van der Waals surface area contributed by atoms with Gasteiger partial charge in [0.25, 0.3) is 5.91 Å². The standard InChI is InChI=1S/C18H16F3I2N7O/c1-30-12(7-23)11(14(29-30)18(19,20)21)8-25-16-13(15(24)31)17(28-27-16)26-10-4-2-3-9(5-10)6-22/h2-5,8H,6-7H2,1H3,(H2,24,31)(H2,26,27,28). The van der Waals surface area contributed by atoms with Gasteiger partial charge in [-0.15, -0.1) is 0 Å². The maximum Gasteiger partial charge on any atom is 0.435 e. The van der Waals surface area contributed by atoms with Gasteiger partial charge in [0, 0.05) is 33.4 Å². The van der Waals surface area contributed by atoms with Crippen LogP contribution in [0.15, 0.2) is 29.3 Å². The molecule has 0 spiro atoms. The Labute approximate surface area is 202 Å². The number of anilines is 2. The first-order chi connectivity index (χ1) is 14.7. The Balaban J connectivity index is 2.00. The summed E-state index contributed by atoms with van der Waals surface area (Å²) < 4.78 is 42.3. The number of nitrogens with zero attached hydrogens (tertiary/aromatic N) is 4. The molecular formula is C18H16F3I2N7O. The first-order valence-corrected chi connectivity index (χ1v) is 11.7. The number of nitrogens with one attached hydrogen (secondary N) is 2. The number of amides is 1. The molecule has 1 aromatic carbocycles. The fraction of sp³-hybridized carbons (Fsp3) is 0.222. The van der Waals surface area contributed by atoms with E-state index < -0.39 is 17.8 Å². The lowest BCUT2D eigenvalue weighted by Crippen LogP contribution is -2.12. The summed E-state index contributed by atoms with van der Waals surface area (Å²) in [7, 11) is 1.43. The average Bonchev–Trinajstić information content (AvgIpc) is 3.26. The lowest BCUT2D eigenvalue weighted by Gasteiger charge is -2.07. The summed E-state index contributed by atoms with van der Waals surface area (Å²) in [5.41, 5.74) is 6.26. The molecular weight excluding hydrogens is 641 g/mol. The largest absolute Gasteiger partial charge is 0.435 e. The van der Waals surface area contributed by atoms with Crippen LogP contribution in [0, 0.1) is 0 Å². The van der Waals surface area contributed by atoms with Crippen LogP contribution in [0.1, 0.15) is 32.9 Å². The summed E-state index contributed by atoms with van der Waals surface area (Å²) in [5, 5.41) is 13.2. The molecule has 2 heterocycles. The van der Waals surface area contributed by atoms with E-state index in [2.05, 4.69) is 48.2 Å². The normalized spacial score (nSPS) is 11.9. The molecule has 31 heavy (non-hydrogen) atoms. The second-order valence-electron chi connectivity index (χ2n) is 6.34. The molecule has 164 valence electrons. The Morgan fingerprint density at radius 1 is 1.35 bits per heavy atom. The predicted octanol–water partition coefficient (Wildman–Crippen LogP) is 4.63. The smallest absolute Gasteiger partial charge is 0.365 e. The number of nitrogens with two attached hydrogens (primary N) is 1. The van der Waals surface area contributed by atoms with Crippen LogP contribution < -0.4 is 11.1 Å². The molecule has 0 atom stereocenters. The lowest BCUT2D eigenvalue weighted by molar-refractivity contribution is -0.141. The maximum atomic E-state index is 13.4. The van der Waals surface area contributed by atoms with Crippen molar-refractivity contribution in [3.05, 3.63) is 52.3 Å². The van der Waals surface area contributed by atoms with E-state index in [0.717, 1.165) is 20.9 Å². The van der Waals surface area contributed by atoms with Crippen molar-refractivity contribution in [3.8, 4) is 0 Å². The number of aromatic amines is 1. The van der Waals surface area contributed by atoms with Gasteiger partial charge in [0.1, 0.15) is 11.4 Å². The van der Waals surface area contributed by atoms with Gasteiger partial charge in [-0.25, -0.2) is 4.99 Å². The Morgan fingerprint density at radius 3 is 2.71 bits per heavy atom. The van der Waals surface area contributed by atoms with Gasteiger partial charge in [0.15, 0.2) is 11.5 Å². The van der Waals surface area contributed by atoms with Gasteiger partial charge in [0.05, 0.1) is 5.69 Å². The Morgan fingerprint density at radius 2 is 2.10 bits per heavy atom. The van der Waals surface area contributed by atoms with Crippen LogP contribution in [0.3, 0.4) is 0 Å². The van der Waals surface area contributed by atoms with E-state index in [1.54, 1.807) is 6.07 Å². The summed E-state index contributed by atoms with van der Waals surface area (Å²) in [5.74, 6) is -0.761. The molecule has 0 radical (unpaired) electrons. The number of aliphatic imine (C=N–C) groups is 1. The van der Waals surface area contributed by atoms with Gasteiger partial charge in [-0.05, 0) is 17.7 Å². The first-order valence-electron chi connectivity index (χ1n) is 8.68. The van der Waals surface area contributed by atoms with Gasteiger partial charge < -0.3 is 11.1 Å². The van der Waals surface area contributed by atoms with E-state index in [1.165, 1.54) is 7.05 Å². The summed E-state index contributed by atoms with van der Waals surface area (Å²) in [6.45, 7) is 0. The molecule has 3 rings (SSSR count). The summed E-state index contributed by atoms with van der Waals surface area (Å²) in [4.78, 5) is 16.1. The topological polar surface area (TPSA) is 114 Å². The maximum absolute atomic E-state index is 13.4. The van der Waals surface area contributed by atoms with Crippen molar-refractivity contribution in [1.82, 2.24) is 20.0 Å². The minimum Gasteiger partial charge on any atom is -0.365 e. The SMILES string of the molecule is Cn1nc(C(F)(F)F)c(C=Nc2n[nH]c(Nc3cccc(CI)c3)c2C(N)=O)c1CI. The summed E-state index contributed by atoms with van der Waals surface area (Å²) in [6, 6.07) is 7.48. The van der Waals surface area contributed by atoms with Crippen LogP contribution in [0.4, 0.5) is 30.5 Å². The number of alkyl halides is 5. The number of hydrogen-bond acceptors (Lipinski definition) is 5. The second-order valence-corrected chi connectivity index (χ2v) is 7.87. The van der Waals surface area contributed by atoms with Gasteiger partial charge in [0.2, 0.25) is 0 Å². The highest BCUT2D eigenvalue weighted by Crippen LogP contribution is 2.33. The van der Waals surface area contributed by atoms with Gasteiger partial charge >= 0.3 is 6.18 Å². The Kier molecular flexibility index (Phi) is 7.23. The molecule has 1 amide bonds. The second kappa shape index (κ2) is 9.54. The van der Waals surface area contributed by atoms with E-state index >= 15 is 0 Å². The fourth-order valence-electron chi connectivity index (χ4n) is 2.83. The molecule has 2 aromatic heterocycles. The zero-order valence-electron chi connectivity index (χ0n) is 16.0. The number of carbonyl (C=O) groups is 1. The molecule has 3 aromatic rings. The van der Waals surface area contributed by atoms with Crippen LogP contribution in [-0.4, -0.2) is 32.1 Å². The minimum absolute atomic E-state index is 0.0652. The number of benzene rings is 1. The fourth-order valence-corrected chi connectivity index (χ4v) is 4.21. The van der Waals surface area contributed by atoms with Gasteiger partial charge in [-0.2, -0.15) is 23.4 Å². The highest BCUT2D eigenvalue weighted by molar-refractivity contribution is 14.1. The highest BCUT2D eigenvalue weighted by Gasteiger charge is 2.38. The molecule has 0 saturated carbocycles. The average molecular weight is 657 g/mol. The predicted molar refractivity (Wildman–Crippen MR) is 128 cm³/mol. The Bertz CT molecular complexity index is 1140. The van der Waals surface area contributed by atoms with Crippen molar-refractivity contribution in [2.45, 2.75) is 15.0 Å². The van der Waals surface area contributed by atoms with Crippen LogP contribution in [0.5, 0.6) is 0 Å². The van der Waals surface area contributed by atoms with Crippen LogP contribution in [-0.2, 0) is 22.1 Å². The lowest BCUT2D eigenvalue weighted by atomic mass is 10.2. The monoisotopic (exact) mass is 657 g/mol. The molecule has 0 aliphatic carbocycles. The number of rotatable bonds is 7. The third-order valence-corrected chi connectivity index (χ3v) is 5.87. The molecule has 0 unspecified atom stereocenters. The number of hydrogen-bond donors (Lipinski definition) is 3. The van der Waals surface area contributed by atoms with Crippen molar-refractivity contribution in [2.75, 3.05) is 5.32 Å². The number of aromatic nitrogens is 4. The van der Waals surface area contributed by atoms with Crippen molar-refractivity contribution in [3.63, 3.8) is 0 Å². The van der Waals surface area contributed by atoms with Crippen molar-refractivity contribution >= 4 is 74.6 Å². The molecule has 0 fully saturated rings. The molecule has 0 aliphatic rings. The quantitative estimate of drug-likeness (QED) is 0.196. The molecule has 0 bridgehead atoms. The van der Waals surface area contributed by atoms with Crippen molar-refractivity contribution in [1.29, 1.82) is 0 Å². The zero-order chi connectivity index (χ0) is 22.8. The van der Waals surface area contributed by atoms with Gasteiger partial charge in [-0.3, -0.25) is 14.6 Å².